The van der Waals surface area contributed by atoms with Crippen LogP contribution in [0.2, 0.25) is 5.02 Å². The van der Waals surface area contributed by atoms with Gasteiger partial charge in [-0.05, 0) is 30.7 Å². The van der Waals surface area contributed by atoms with Gasteiger partial charge in [0.05, 0.1) is 11.8 Å². The van der Waals surface area contributed by atoms with Gasteiger partial charge in [-0.3, -0.25) is 0 Å². The van der Waals surface area contributed by atoms with Crippen molar-refractivity contribution in [1.82, 2.24) is 14.8 Å². The van der Waals surface area contributed by atoms with Crippen LogP contribution < -0.4 is 0 Å². The van der Waals surface area contributed by atoms with Crippen molar-refractivity contribution in [2.24, 2.45) is 7.05 Å². The molecule has 0 N–H and O–H groups in total. The molecule has 0 fully saturated rings. The van der Waals surface area contributed by atoms with E-state index in [1.54, 1.807) is 35.9 Å². The topological polar surface area (TPSA) is 88.6 Å². The zero-order chi connectivity index (χ0) is 16.2. The molecule has 0 bridgehead atoms. The Morgan fingerprint density at radius 3 is 2.59 bits per heavy atom. The van der Waals surface area contributed by atoms with E-state index in [0.717, 1.165) is 5.56 Å². The number of unbranched alkanes of at least 4 members (excludes halogenated alkanes) is 1. The highest BCUT2D eigenvalue weighted by Crippen LogP contribution is 2.20. The van der Waals surface area contributed by atoms with E-state index in [1.807, 2.05) is 6.07 Å². The fourth-order valence-corrected chi connectivity index (χ4v) is 3.48. The van der Waals surface area contributed by atoms with E-state index in [9.17, 15) is 8.42 Å². The predicted molar refractivity (Wildman–Crippen MR) is 83.8 cm³/mol. The Bertz CT molecular complexity index is 791. The fourth-order valence-electron chi connectivity index (χ4n) is 1.98. The van der Waals surface area contributed by atoms with Crippen LogP contribution in [-0.4, -0.2) is 28.9 Å². The first-order valence-electron chi connectivity index (χ1n) is 6.64. The van der Waals surface area contributed by atoms with Crippen LogP contribution in [-0.2, 0) is 22.6 Å². The SMILES string of the molecule is Cn1c(CS(=O)(=O)CCCC#N)nnc1-c1ccc(Cl)cc1. The molecule has 1 heterocycles. The van der Waals surface area contributed by atoms with E-state index in [0.29, 0.717) is 23.1 Å². The molecular weight excluding hydrogens is 324 g/mol. The summed E-state index contributed by atoms with van der Waals surface area (Å²) in [5.41, 5.74) is 0.813. The molecule has 0 atom stereocenters. The number of hydrogen-bond donors (Lipinski definition) is 0. The third kappa shape index (κ3) is 4.06. The van der Waals surface area contributed by atoms with Crippen molar-refractivity contribution in [3.63, 3.8) is 0 Å². The van der Waals surface area contributed by atoms with Gasteiger partial charge in [0.2, 0.25) is 0 Å². The second-order valence-corrected chi connectivity index (χ2v) is 7.48. The number of aromatic nitrogens is 3. The van der Waals surface area contributed by atoms with Gasteiger partial charge >= 0.3 is 0 Å². The second kappa shape index (κ2) is 6.90. The van der Waals surface area contributed by atoms with Gasteiger partial charge in [-0.1, -0.05) is 11.6 Å². The summed E-state index contributed by atoms with van der Waals surface area (Å²) in [5, 5.41) is 17.1. The zero-order valence-electron chi connectivity index (χ0n) is 12.0. The Balaban J connectivity index is 2.18. The third-order valence-corrected chi connectivity index (χ3v) is 5.02. The lowest BCUT2D eigenvalue weighted by molar-refractivity contribution is 0.590. The van der Waals surface area contributed by atoms with Crippen molar-refractivity contribution in [2.45, 2.75) is 18.6 Å². The highest BCUT2D eigenvalue weighted by molar-refractivity contribution is 7.90. The first-order chi connectivity index (χ1) is 10.4. The van der Waals surface area contributed by atoms with Gasteiger partial charge in [-0.25, -0.2) is 8.42 Å². The number of hydrogen-bond acceptors (Lipinski definition) is 5. The Kier molecular flexibility index (Phi) is 5.16. The van der Waals surface area contributed by atoms with E-state index in [-0.39, 0.29) is 17.9 Å². The molecule has 0 spiro atoms. The average Bonchev–Trinajstić information content (AvgIpc) is 2.81. The summed E-state index contributed by atoms with van der Waals surface area (Å²) in [4.78, 5) is 0. The van der Waals surface area contributed by atoms with Crippen molar-refractivity contribution < 1.29 is 8.42 Å². The molecule has 0 unspecified atom stereocenters. The van der Waals surface area contributed by atoms with Gasteiger partial charge in [0.25, 0.3) is 0 Å². The lowest BCUT2D eigenvalue weighted by Gasteiger charge is -2.05. The summed E-state index contributed by atoms with van der Waals surface area (Å²) in [5.74, 6) is 0.750. The maximum atomic E-state index is 12.0. The molecule has 2 rings (SSSR count). The minimum atomic E-state index is -3.30. The van der Waals surface area contributed by atoms with E-state index in [4.69, 9.17) is 16.9 Å². The Morgan fingerprint density at radius 2 is 1.95 bits per heavy atom. The molecule has 22 heavy (non-hydrogen) atoms. The number of nitrogens with zero attached hydrogens (tertiary/aromatic N) is 4. The largest absolute Gasteiger partial charge is 0.313 e. The lowest BCUT2D eigenvalue weighted by atomic mass is 10.2. The zero-order valence-corrected chi connectivity index (χ0v) is 13.6. The number of nitriles is 1. The molecule has 6 nitrogen and oxygen atoms in total. The van der Waals surface area contributed by atoms with Crippen molar-refractivity contribution in [1.29, 1.82) is 5.26 Å². The second-order valence-electron chi connectivity index (χ2n) is 4.86. The molecule has 0 radical (unpaired) electrons. The average molecular weight is 339 g/mol. The monoisotopic (exact) mass is 338 g/mol. The number of halogens is 1. The van der Waals surface area contributed by atoms with Gasteiger partial charge in [0.1, 0.15) is 11.6 Å². The van der Waals surface area contributed by atoms with Crippen LogP contribution in [0.4, 0.5) is 0 Å². The van der Waals surface area contributed by atoms with Crippen molar-refractivity contribution >= 4 is 21.4 Å². The van der Waals surface area contributed by atoms with Gasteiger partial charge in [-0.2, -0.15) is 5.26 Å². The molecule has 0 saturated carbocycles. The molecule has 0 saturated heterocycles. The molecule has 1 aromatic carbocycles. The number of benzene rings is 1. The predicted octanol–water partition coefficient (Wildman–Crippen LogP) is 2.35. The van der Waals surface area contributed by atoms with Crippen LogP contribution >= 0.6 is 11.6 Å². The van der Waals surface area contributed by atoms with Gasteiger partial charge in [0, 0.05) is 24.1 Å². The first kappa shape index (κ1) is 16.5. The summed E-state index contributed by atoms with van der Waals surface area (Å²) in [7, 11) is -1.57. The highest BCUT2D eigenvalue weighted by atomic mass is 35.5. The number of sulfone groups is 1. The molecular formula is C14H15ClN4O2S. The molecule has 0 amide bonds. The van der Waals surface area contributed by atoms with E-state index >= 15 is 0 Å². The van der Waals surface area contributed by atoms with Crippen molar-refractivity contribution in [3.05, 3.63) is 35.1 Å². The van der Waals surface area contributed by atoms with E-state index in [2.05, 4.69) is 10.2 Å². The smallest absolute Gasteiger partial charge is 0.163 e. The van der Waals surface area contributed by atoms with Crippen molar-refractivity contribution in [2.75, 3.05) is 5.75 Å². The van der Waals surface area contributed by atoms with Crippen LogP contribution in [0.15, 0.2) is 24.3 Å². The molecule has 116 valence electrons. The Labute approximate surface area is 134 Å². The molecule has 0 aliphatic carbocycles. The number of rotatable bonds is 6. The van der Waals surface area contributed by atoms with Crippen LogP contribution in [0, 0.1) is 11.3 Å². The Morgan fingerprint density at radius 1 is 1.27 bits per heavy atom. The quantitative estimate of drug-likeness (QED) is 0.754. The first-order valence-corrected chi connectivity index (χ1v) is 8.84. The van der Waals surface area contributed by atoms with E-state index < -0.39 is 9.84 Å². The minimum Gasteiger partial charge on any atom is -0.313 e. The van der Waals surface area contributed by atoms with Gasteiger partial charge in [0.15, 0.2) is 15.7 Å². The van der Waals surface area contributed by atoms with Crippen LogP contribution in [0.5, 0.6) is 0 Å². The summed E-state index contributed by atoms with van der Waals surface area (Å²) in [6.45, 7) is 0. The van der Waals surface area contributed by atoms with Crippen LogP contribution in [0.3, 0.4) is 0 Å². The summed E-state index contributed by atoms with van der Waals surface area (Å²) in [6.07, 6.45) is 0.564. The lowest BCUT2D eigenvalue weighted by Crippen LogP contribution is -2.13. The summed E-state index contributed by atoms with van der Waals surface area (Å²) >= 11 is 5.85. The fraction of sp³-hybridized carbons (Fsp3) is 0.357. The maximum Gasteiger partial charge on any atom is 0.163 e. The maximum absolute atomic E-state index is 12.0. The van der Waals surface area contributed by atoms with Crippen LogP contribution in [0.25, 0.3) is 11.4 Å². The Hall–Kier alpha value is -1.91. The molecule has 8 heteroatoms. The van der Waals surface area contributed by atoms with E-state index in [1.165, 1.54) is 0 Å². The van der Waals surface area contributed by atoms with Crippen molar-refractivity contribution in [3.8, 4) is 17.5 Å². The van der Waals surface area contributed by atoms with Crippen LogP contribution in [0.1, 0.15) is 18.7 Å². The van der Waals surface area contributed by atoms with Gasteiger partial charge in [-0.15, -0.1) is 10.2 Å². The minimum absolute atomic E-state index is 0.0241. The summed E-state index contributed by atoms with van der Waals surface area (Å²) < 4.78 is 25.7. The molecule has 0 aliphatic heterocycles. The summed E-state index contributed by atoms with van der Waals surface area (Å²) in [6, 6.07) is 9.02. The molecule has 1 aromatic heterocycles. The highest BCUT2D eigenvalue weighted by Gasteiger charge is 2.18. The third-order valence-electron chi connectivity index (χ3n) is 3.16. The standard InChI is InChI=1S/C14H15ClN4O2S/c1-19-13(10-22(20,21)9-3-2-8-16)17-18-14(19)11-4-6-12(15)7-5-11/h4-7H,2-3,9-10H2,1H3. The normalized spacial score (nSPS) is 11.3. The molecule has 2 aromatic rings. The molecule has 0 aliphatic rings. The van der Waals surface area contributed by atoms with Gasteiger partial charge < -0.3 is 4.57 Å².